The number of aromatic nitrogens is 3. The van der Waals surface area contributed by atoms with E-state index < -0.39 is 0 Å². The Kier molecular flexibility index (Phi) is 4.94. The fourth-order valence-electron chi connectivity index (χ4n) is 1.27. The molecule has 92 valence electrons. The molecule has 1 heterocycles. The summed E-state index contributed by atoms with van der Waals surface area (Å²) in [5, 5.41) is 11.4. The third-order valence-corrected chi connectivity index (χ3v) is 2.17. The number of nitrogens with zero attached hydrogens (tertiary/aromatic N) is 5. The van der Waals surface area contributed by atoms with E-state index in [2.05, 4.69) is 26.3 Å². The minimum Gasteiger partial charge on any atom is -0.467 e. The normalized spacial score (nSPS) is 9.53. The molecule has 0 unspecified atom stereocenters. The number of nitriles is 1. The highest BCUT2D eigenvalue weighted by molar-refractivity contribution is 5.37. The second kappa shape index (κ2) is 6.48. The number of hydrogen-bond acceptors (Lipinski definition) is 7. The monoisotopic (exact) mass is 236 g/mol. The van der Waals surface area contributed by atoms with Crippen LogP contribution in [0.3, 0.4) is 0 Å². The van der Waals surface area contributed by atoms with Crippen molar-refractivity contribution in [3.8, 4) is 12.1 Å². The summed E-state index contributed by atoms with van der Waals surface area (Å²) in [7, 11) is 3.23. The van der Waals surface area contributed by atoms with Crippen molar-refractivity contribution in [2.75, 3.05) is 37.5 Å². The Morgan fingerprint density at radius 2 is 2.18 bits per heavy atom. The predicted octanol–water partition coefficient (Wildman–Crippen LogP) is 0.662. The molecule has 0 bridgehead atoms. The van der Waals surface area contributed by atoms with Gasteiger partial charge >= 0.3 is 6.01 Å². The van der Waals surface area contributed by atoms with Gasteiger partial charge in [-0.1, -0.05) is 0 Å². The van der Waals surface area contributed by atoms with Gasteiger partial charge in [0.2, 0.25) is 11.9 Å². The van der Waals surface area contributed by atoms with Gasteiger partial charge < -0.3 is 15.0 Å². The second-order valence-corrected chi connectivity index (χ2v) is 3.18. The highest BCUT2D eigenvalue weighted by Crippen LogP contribution is 2.14. The van der Waals surface area contributed by atoms with Crippen molar-refractivity contribution in [2.24, 2.45) is 0 Å². The molecule has 17 heavy (non-hydrogen) atoms. The maximum absolute atomic E-state index is 8.59. The van der Waals surface area contributed by atoms with Crippen molar-refractivity contribution in [1.82, 2.24) is 15.0 Å². The Morgan fingerprint density at radius 3 is 2.71 bits per heavy atom. The minimum atomic E-state index is 0.259. The van der Waals surface area contributed by atoms with E-state index in [0.29, 0.717) is 24.9 Å². The molecule has 0 fully saturated rings. The van der Waals surface area contributed by atoms with E-state index in [1.54, 1.807) is 7.05 Å². The Balaban J connectivity index is 2.97. The lowest BCUT2D eigenvalue weighted by Gasteiger charge is -2.19. The van der Waals surface area contributed by atoms with Crippen LogP contribution in [0, 0.1) is 11.3 Å². The molecule has 0 aliphatic carbocycles. The first kappa shape index (κ1) is 13.0. The highest BCUT2D eigenvalue weighted by Gasteiger charge is 2.11. The van der Waals surface area contributed by atoms with Crippen molar-refractivity contribution in [2.45, 2.75) is 13.3 Å². The van der Waals surface area contributed by atoms with Gasteiger partial charge in [-0.2, -0.15) is 20.2 Å². The SMILES string of the molecule is CCN(CCC#N)c1nc(NC)nc(OC)n1. The summed E-state index contributed by atoms with van der Waals surface area (Å²) in [5.74, 6) is 0.959. The summed E-state index contributed by atoms with van der Waals surface area (Å²) in [6.07, 6.45) is 0.427. The number of methoxy groups -OCH3 is 1. The average Bonchev–Trinajstić information content (AvgIpc) is 2.39. The van der Waals surface area contributed by atoms with Crippen LogP contribution in [0.4, 0.5) is 11.9 Å². The van der Waals surface area contributed by atoms with Gasteiger partial charge in [-0.05, 0) is 6.92 Å². The smallest absolute Gasteiger partial charge is 0.322 e. The van der Waals surface area contributed by atoms with Gasteiger partial charge in [-0.15, -0.1) is 0 Å². The molecule has 0 saturated carbocycles. The fourth-order valence-corrected chi connectivity index (χ4v) is 1.27. The third-order valence-electron chi connectivity index (χ3n) is 2.17. The molecular weight excluding hydrogens is 220 g/mol. The van der Waals surface area contributed by atoms with Gasteiger partial charge in [-0.3, -0.25) is 0 Å². The number of nitrogens with one attached hydrogen (secondary N) is 1. The average molecular weight is 236 g/mol. The standard InChI is InChI=1S/C10H16N6O/c1-4-16(7-5-6-11)9-13-8(12-2)14-10(15-9)17-3/h4-5,7H2,1-3H3,(H,12,13,14,15). The van der Waals surface area contributed by atoms with E-state index in [9.17, 15) is 0 Å². The number of ether oxygens (including phenoxy) is 1. The van der Waals surface area contributed by atoms with Gasteiger partial charge in [0.25, 0.3) is 0 Å². The molecule has 0 aromatic carbocycles. The zero-order chi connectivity index (χ0) is 12.7. The molecule has 0 saturated heterocycles. The Morgan fingerprint density at radius 1 is 1.41 bits per heavy atom. The lowest BCUT2D eigenvalue weighted by molar-refractivity contribution is 0.378. The Labute approximate surface area is 100 Å². The summed E-state index contributed by atoms with van der Waals surface area (Å²) >= 11 is 0. The molecule has 1 N–H and O–H groups in total. The van der Waals surface area contributed by atoms with Gasteiger partial charge in [0.05, 0.1) is 19.6 Å². The van der Waals surface area contributed by atoms with Gasteiger partial charge in [0.15, 0.2) is 0 Å². The van der Waals surface area contributed by atoms with E-state index in [0.717, 1.165) is 6.54 Å². The fraction of sp³-hybridized carbons (Fsp3) is 0.600. The molecular formula is C10H16N6O. The van der Waals surface area contributed by atoms with Crippen molar-refractivity contribution in [3.63, 3.8) is 0 Å². The second-order valence-electron chi connectivity index (χ2n) is 3.18. The molecule has 1 aromatic heterocycles. The minimum absolute atomic E-state index is 0.259. The molecule has 0 amide bonds. The van der Waals surface area contributed by atoms with E-state index in [-0.39, 0.29) is 6.01 Å². The molecule has 1 rings (SSSR count). The van der Waals surface area contributed by atoms with Crippen LogP contribution in [-0.4, -0.2) is 42.2 Å². The van der Waals surface area contributed by atoms with E-state index in [4.69, 9.17) is 10.00 Å². The first-order chi connectivity index (χ1) is 8.24. The van der Waals surface area contributed by atoms with Crippen LogP contribution in [0.2, 0.25) is 0 Å². The number of hydrogen-bond donors (Lipinski definition) is 1. The van der Waals surface area contributed by atoms with E-state index in [1.165, 1.54) is 7.11 Å². The lowest BCUT2D eigenvalue weighted by Crippen LogP contribution is -2.26. The summed E-state index contributed by atoms with van der Waals surface area (Å²) in [5.41, 5.74) is 0. The quantitative estimate of drug-likeness (QED) is 0.776. The van der Waals surface area contributed by atoms with Crippen molar-refractivity contribution in [3.05, 3.63) is 0 Å². The maximum Gasteiger partial charge on any atom is 0.322 e. The molecule has 0 radical (unpaired) electrons. The van der Waals surface area contributed by atoms with Crippen LogP contribution < -0.4 is 15.0 Å². The van der Waals surface area contributed by atoms with Crippen molar-refractivity contribution in [1.29, 1.82) is 5.26 Å². The largest absolute Gasteiger partial charge is 0.467 e. The summed E-state index contributed by atoms with van der Waals surface area (Å²) in [6, 6.07) is 2.36. The predicted molar refractivity (Wildman–Crippen MR) is 64.0 cm³/mol. The van der Waals surface area contributed by atoms with E-state index >= 15 is 0 Å². The first-order valence-electron chi connectivity index (χ1n) is 5.34. The summed E-state index contributed by atoms with van der Waals surface area (Å²) in [6.45, 7) is 3.29. The summed E-state index contributed by atoms with van der Waals surface area (Å²) in [4.78, 5) is 14.3. The van der Waals surface area contributed by atoms with E-state index in [1.807, 2.05) is 11.8 Å². The van der Waals surface area contributed by atoms with Crippen LogP contribution in [0.25, 0.3) is 0 Å². The molecule has 1 aromatic rings. The zero-order valence-electron chi connectivity index (χ0n) is 10.3. The zero-order valence-corrected chi connectivity index (χ0v) is 10.3. The number of anilines is 2. The third kappa shape index (κ3) is 3.45. The van der Waals surface area contributed by atoms with Gasteiger partial charge in [0, 0.05) is 20.1 Å². The lowest BCUT2D eigenvalue weighted by atomic mass is 10.4. The van der Waals surface area contributed by atoms with Crippen LogP contribution in [0.1, 0.15) is 13.3 Å². The molecule has 0 spiro atoms. The topological polar surface area (TPSA) is 87.0 Å². The van der Waals surface area contributed by atoms with Gasteiger partial charge in [-0.25, -0.2) is 0 Å². The first-order valence-corrected chi connectivity index (χ1v) is 5.34. The van der Waals surface area contributed by atoms with Gasteiger partial charge in [0.1, 0.15) is 0 Å². The van der Waals surface area contributed by atoms with Crippen LogP contribution in [0.5, 0.6) is 6.01 Å². The molecule has 0 aliphatic heterocycles. The molecule has 0 atom stereocenters. The molecule has 7 nitrogen and oxygen atoms in total. The number of rotatable bonds is 6. The van der Waals surface area contributed by atoms with Crippen molar-refractivity contribution < 1.29 is 4.74 Å². The van der Waals surface area contributed by atoms with Crippen molar-refractivity contribution >= 4 is 11.9 Å². The highest BCUT2D eigenvalue weighted by atomic mass is 16.5. The van der Waals surface area contributed by atoms with Crippen LogP contribution in [-0.2, 0) is 0 Å². The Bertz CT molecular complexity index is 380. The maximum atomic E-state index is 8.59. The van der Waals surface area contributed by atoms with Crippen LogP contribution in [0.15, 0.2) is 0 Å². The Hall–Kier alpha value is -2.10. The summed E-state index contributed by atoms with van der Waals surface area (Å²) < 4.78 is 5.00. The van der Waals surface area contributed by atoms with Crippen LogP contribution >= 0.6 is 0 Å². The molecule has 7 heteroatoms. The molecule has 0 aliphatic rings.